The second kappa shape index (κ2) is 5.03. The molecule has 2 N–H and O–H groups in total. The van der Waals surface area contributed by atoms with Crippen molar-refractivity contribution in [3.8, 4) is 0 Å². The van der Waals surface area contributed by atoms with Crippen molar-refractivity contribution >= 4 is 17.7 Å². The molecule has 0 aliphatic heterocycles. The second-order valence-corrected chi connectivity index (χ2v) is 4.28. The summed E-state index contributed by atoms with van der Waals surface area (Å²) in [4.78, 5) is 4.25. The number of rotatable bonds is 4. The molecule has 0 spiro atoms. The van der Waals surface area contributed by atoms with Crippen LogP contribution < -0.4 is 5.32 Å². The molecular weight excluding hydrogens is 220 g/mol. The van der Waals surface area contributed by atoms with Crippen molar-refractivity contribution < 1.29 is 0 Å². The Hall–Kier alpha value is -1.49. The monoisotopic (exact) mass is 234 g/mol. The van der Waals surface area contributed by atoms with Gasteiger partial charge in [-0.2, -0.15) is 4.98 Å². The van der Waals surface area contributed by atoms with E-state index in [1.807, 2.05) is 6.26 Å². The molecule has 5 heteroatoms. The predicted octanol–water partition coefficient (Wildman–Crippen LogP) is 2.45. The quantitative estimate of drug-likeness (QED) is 0.798. The molecule has 0 radical (unpaired) electrons. The lowest BCUT2D eigenvalue weighted by molar-refractivity contribution is 0.974. The van der Waals surface area contributed by atoms with Gasteiger partial charge in [-0.3, -0.25) is 0 Å². The molecule has 0 amide bonds. The Labute approximate surface area is 98.9 Å². The molecule has 0 unspecified atom stereocenters. The Morgan fingerprint density at radius 2 is 2.06 bits per heavy atom. The van der Waals surface area contributed by atoms with Crippen LogP contribution in [0.4, 0.5) is 5.95 Å². The van der Waals surface area contributed by atoms with Crippen LogP contribution in [0, 0.1) is 6.92 Å². The van der Waals surface area contributed by atoms with E-state index in [-0.39, 0.29) is 0 Å². The van der Waals surface area contributed by atoms with Gasteiger partial charge in [-0.05, 0) is 18.7 Å². The van der Waals surface area contributed by atoms with E-state index in [0.29, 0.717) is 5.95 Å². The normalized spacial score (nSPS) is 10.4. The number of benzene rings is 1. The van der Waals surface area contributed by atoms with Crippen molar-refractivity contribution in [2.75, 3.05) is 11.6 Å². The Kier molecular flexibility index (Phi) is 3.46. The number of thioether (sulfide) groups is 1. The van der Waals surface area contributed by atoms with Crippen LogP contribution in [-0.4, -0.2) is 21.4 Å². The average molecular weight is 234 g/mol. The van der Waals surface area contributed by atoms with Crippen molar-refractivity contribution in [3.63, 3.8) is 0 Å². The van der Waals surface area contributed by atoms with Crippen LogP contribution in [0.15, 0.2) is 29.4 Å². The molecule has 2 rings (SSSR count). The third-order valence-electron chi connectivity index (χ3n) is 2.23. The standard InChI is InChI=1S/C11H14N4S/c1-8-3-5-9(6-4-8)7-12-10-13-11(16-2)15-14-10/h3-6H,7H2,1-2H3,(H2,12,13,14,15). The largest absolute Gasteiger partial charge is 0.350 e. The maximum absolute atomic E-state index is 4.25. The SMILES string of the molecule is CSc1n[nH]c(NCc2ccc(C)cc2)n1. The first-order chi connectivity index (χ1) is 7.78. The van der Waals surface area contributed by atoms with Gasteiger partial charge in [0.2, 0.25) is 11.1 Å². The van der Waals surface area contributed by atoms with Crippen LogP contribution >= 0.6 is 11.8 Å². The molecular formula is C11H14N4S. The number of nitrogens with zero attached hydrogens (tertiary/aromatic N) is 2. The minimum absolute atomic E-state index is 0.713. The van der Waals surface area contributed by atoms with E-state index in [0.717, 1.165) is 11.7 Å². The molecule has 16 heavy (non-hydrogen) atoms. The minimum Gasteiger partial charge on any atom is -0.350 e. The molecule has 4 nitrogen and oxygen atoms in total. The molecule has 84 valence electrons. The zero-order valence-electron chi connectivity index (χ0n) is 9.32. The lowest BCUT2D eigenvalue weighted by Gasteiger charge is -2.02. The Balaban J connectivity index is 1.94. The molecule has 1 aromatic carbocycles. The van der Waals surface area contributed by atoms with Crippen LogP contribution in [-0.2, 0) is 6.54 Å². The van der Waals surface area contributed by atoms with E-state index >= 15 is 0 Å². The first-order valence-corrected chi connectivity index (χ1v) is 6.26. The summed E-state index contributed by atoms with van der Waals surface area (Å²) in [5.74, 6) is 0.713. The summed E-state index contributed by atoms with van der Waals surface area (Å²) < 4.78 is 0. The molecule has 1 aromatic heterocycles. The van der Waals surface area contributed by atoms with Gasteiger partial charge in [0.25, 0.3) is 0 Å². The van der Waals surface area contributed by atoms with Gasteiger partial charge >= 0.3 is 0 Å². The van der Waals surface area contributed by atoms with E-state index in [1.54, 1.807) is 0 Å². The summed E-state index contributed by atoms with van der Waals surface area (Å²) in [6.07, 6.45) is 1.95. The summed E-state index contributed by atoms with van der Waals surface area (Å²) >= 11 is 1.52. The van der Waals surface area contributed by atoms with E-state index in [2.05, 4.69) is 51.7 Å². The van der Waals surface area contributed by atoms with Gasteiger partial charge in [-0.15, -0.1) is 5.10 Å². The molecule has 2 aromatic rings. The topological polar surface area (TPSA) is 53.6 Å². The van der Waals surface area contributed by atoms with E-state index in [4.69, 9.17) is 0 Å². The van der Waals surface area contributed by atoms with Crippen LogP contribution in [0.25, 0.3) is 0 Å². The molecule has 1 heterocycles. The lowest BCUT2D eigenvalue weighted by Crippen LogP contribution is -2.00. The number of aromatic amines is 1. The molecule has 0 atom stereocenters. The van der Waals surface area contributed by atoms with Crippen LogP contribution in [0.1, 0.15) is 11.1 Å². The maximum atomic E-state index is 4.25. The Bertz CT molecular complexity index is 449. The highest BCUT2D eigenvalue weighted by Gasteiger charge is 2.00. The summed E-state index contributed by atoms with van der Waals surface area (Å²) in [7, 11) is 0. The molecule has 0 aliphatic rings. The zero-order chi connectivity index (χ0) is 11.4. The number of hydrogen-bond acceptors (Lipinski definition) is 4. The molecule has 0 fully saturated rings. The van der Waals surface area contributed by atoms with Gasteiger partial charge in [0.15, 0.2) is 0 Å². The second-order valence-electron chi connectivity index (χ2n) is 3.51. The number of nitrogens with one attached hydrogen (secondary N) is 2. The summed E-state index contributed by atoms with van der Waals surface area (Å²) in [5, 5.41) is 10.8. The summed E-state index contributed by atoms with van der Waals surface area (Å²) in [5.41, 5.74) is 2.50. The van der Waals surface area contributed by atoms with Gasteiger partial charge in [0.1, 0.15) is 0 Å². The van der Waals surface area contributed by atoms with Crippen molar-refractivity contribution in [2.24, 2.45) is 0 Å². The first-order valence-electron chi connectivity index (χ1n) is 5.04. The van der Waals surface area contributed by atoms with Crippen molar-refractivity contribution in [1.82, 2.24) is 15.2 Å². The lowest BCUT2D eigenvalue weighted by atomic mass is 10.1. The van der Waals surface area contributed by atoms with E-state index in [1.165, 1.54) is 22.9 Å². The molecule has 0 saturated carbocycles. The van der Waals surface area contributed by atoms with Gasteiger partial charge in [0.05, 0.1) is 0 Å². The third-order valence-corrected chi connectivity index (χ3v) is 2.78. The van der Waals surface area contributed by atoms with Crippen LogP contribution in [0.3, 0.4) is 0 Å². The van der Waals surface area contributed by atoms with Gasteiger partial charge in [0, 0.05) is 6.54 Å². The summed E-state index contributed by atoms with van der Waals surface area (Å²) in [6.45, 7) is 2.84. The number of aryl methyl sites for hydroxylation is 1. The van der Waals surface area contributed by atoms with Crippen molar-refractivity contribution in [2.45, 2.75) is 18.6 Å². The molecule has 0 saturated heterocycles. The van der Waals surface area contributed by atoms with E-state index < -0.39 is 0 Å². The van der Waals surface area contributed by atoms with Crippen LogP contribution in [0.5, 0.6) is 0 Å². The molecule has 0 aliphatic carbocycles. The fourth-order valence-corrected chi connectivity index (χ4v) is 1.63. The first kappa shape index (κ1) is 11.0. The summed E-state index contributed by atoms with van der Waals surface area (Å²) in [6, 6.07) is 8.41. The zero-order valence-corrected chi connectivity index (χ0v) is 10.1. The number of aromatic nitrogens is 3. The number of anilines is 1. The highest BCUT2D eigenvalue weighted by Crippen LogP contribution is 2.10. The van der Waals surface area contributed by atoms with Gasteiger partial charge in [-0.1, -0.05) is 41.6 Å². The highest BCUT2D eigenvalue weighted by molar-refractivity contribution is 7.98. The smallest absolute Gasteiger partial charge is 0.219 e. The average Bonchev–Trinajstić information content (AvgIpc) is 2.76. The Morgan fingerprint density at radius 3 is 2.69 bits per heavy atom. The predicted molar refractivity (Wildman–Crippen MR) is 66.7 cm³/mol. The molecule has 0 bridgehead atoms. The fraction of sp³-hybridized carbons (Fsp3) is 0.273. The van der Waals surface area contributed by atoms with Gasteiger partial charge < -0.3 is 5.32 Å². The van der Waals surface area contributed by atoms with Crippen molar-refractivity contribution in [3.05, 3.63) is 35.4 Å². The third kappa shape index (κ3) is 2.76. The maximum Gasteiger partial charge on any atom is 0.219 e. The van der Waals surface area contributed by atoms with Crippen LogP contribution in [0.2, 0.25) is 0 Å². The highest BCUT2D eigenvalue weighted by atomic mass is 32.2. The van der Waals surface area contributed by atoms with Gasteiger partial charge in [-0.25, -0.2) is 5.10 Å². The minimum atomic E-state index is 0.713. The Morgan fingerprint density at radius 1 is 1.31 bits per heavy atom. The van der Waals surface area contributed by atoms with E-state index in [9.17, 15) is 0 Å². The fourth-order valence-electron chi connectivity index (χ4n) is 1.31. The number of H-pyrrole nitrogens is 1. The number of hydrogen-bond donors (Lipinski definition) is 2. The van der Waals surface area contributed by atoms with Crippen molar-refractivity contribution in [1.29, 1.82) is 0 Å².